The molecule has 0 radical (unpaired) electrons. The molecule has 2 aromatic rings. The first-order chi connectivity index (χ1) is 9.33. The van der Waals surface area contributed by atoms with Crippen molar-refractivity contribution in [3.05, 3.63) is 56.7 Å². The minimum absolute atomic E-state index is 0.566. The Morgan fingerprint density at radius 3 is 2.63 bits per heavy atom. The van der Waals surface area contributed by atoms with E-state index in [0.29, 0.717) is 5.92 Å². The summed E-state index contributed by atoms with van der Waals surface area (Å²) in [4.78, 5) is 1.45. The minimum atomic E-state index is 0.566. The largest absolute Gasteiger partial charge is 0.313 e. The van der Waals surface area contributed by atoms with Crippen molar-refractivity contribution < 1.29 is 0 Å². The second-order valence-corrected chi connectivity index (χ2v) is 7.04. The van der Waals surface area contributed by atoms with Gasteiger partial charge in [-0.3, -0.25) is 0 Å². The highest BCUT2D eigenvalue weighted by atomic mass is 79.9. The van der Waals surface area contributed by atoms with E-state index >= 15 is 0 Å². The van der Waals surface area contributed by atoms with Gasteiger partial charge in [-0.05, 0) is 52.2 Å². The Labute approximate surface area is 127 Å². The SMILES string of the molecule is Brc1ccsc1CC(CNC1CC1)c1ccccc1. The van der Waals surface area contributed by atoms with Crippen molar-refractivity contribution in [3.63, 3.8) is 0 Å². The molecule has 0 saturated heterocycles. The van der Waals surface area contributed by atoms with Crippen LogP contribution in [0.5, 0.6) is 0 Å². The van der Waals surface area contributed by atoms with Gasteiger partial charge in [0.15, 0.2) is 0 Å². The Bertz CT molecular complexity index is 519. The van der Waals surface area contributed by atoms with Crippen molar-refractivity contribution in [1.29, 1.82) is 0 Å². The summed E-state index contributed by atoms with van der Waals surface area (Å²) >= 11 is 5.50. The number of hydrogen-bond donors (Lipinski definition) is 1. The van der Waals surface area contributed by atoms with E-state index in [1.807, 2.05) is 11.3 Å². The van der Waals surface area contributed by atoms with Gasteiger partial charge < -0.3 is 5.32 Å². The van der Waals surface area contributed by atoms with Gasteiger partial charge in [-0.1, -0.05) is 30.3 Å². The van der Waals surface area contributed by atoms with Gasteiger partial charge in [0.25, 0.3) is 0 Å². The first kappa shape index (κ1) is 13.3. The summed E-state index contributed by atoms with van der Waals surface area (Å²) in [6.45, 7) is 1.08. The third-order valence-electron chi connectivity index (χ3n) is 3.62. The highest BCUT2D eigenvalue weighted by Crippen LogP contribution is 2.30. The molecule has 1 aromatic carbocycles. The van der Waals surface area contributed by atoms with Gasteiger partial charge in [0.2, 0.25) is 0 Å². The van der Waals surface area contributed by atoms with E-state index in [4.69, 9.17) is 0 Å². The van der Waals surface area contributed by atoms with Crippen LogP contribution in [0.3, 0.4) is 0 Å². The van der Waals surface area contributed by atoms with Gasteiger partial charge in [-0.15, -0.1) is 11.3 Å². The zero-order valence-electron chi connectivity index (χ0n) is 10.8. The number of nitrogens with one attached hydrogen (secondary N) is 1. The highest BCUT2D eigenvalue weighted by molar-refractivity contribution is 9.10. The number of halogens is 1. The van der Waals surface area contributed by atoms with E-state index in [1.54, 1.807) is 0 Å². The van der Waals surface area contributed by atoms with Crippen molar-refractivity contribution in [3.8, 4) is 0 Å². The number of hydrogen-bond acceptors (Lipinski definition) is 2. The molecule has 0 spiro atoms. The summed E-state index contributed by atoms with van der Waals surface area (Å²) in [5.41, 5.74) is 1.44. The van der Waals surface area contributed by atoms with E-state index < -0.39 is 0 Å². The summed E-state index contributed by atoms with van der Waals surface area (Å²) in [6, 6.07) is 13.8. The zero-order valence-corrected chi connectivity index (χ0v) is 13.2. The Morgan fingerprint density at radius 1 is 1.21 bits per heavy atom. The monoisotopic (exact) mass is 335 g/mol. The molecule has 3 heteroatoms. The van der Waals surface area contributed by atoms with Gasteiger partial charge in [-0.2, -0.15) is 0 Å². The maximum Gasteiger partial charge on any atom is 0.0314 e. The molecular weight excluding hydrogens is 318 g/mol. The number of benzene rings is 1. The Morgan fingerprint density at radius 2 is 2.00 bits per heavy atom. The summed E-state index contributed by atoms with van der Waals surface area (Å²) < 4.78 is 1.25. The van der Waals surface area contributed by atoms with Crippen molar-refractivity contribution >= 4 is 27.3 Å². The number of thiophene rings is 1. The van der Waals surface area contributed by atoms with E-state index in [1.165, 1.54) is 27.8 Å². The molecule has 1 aromatic heterocycles. The summed E-state index contributed by atoms with van der Waals surface area (Å²) in [5, 5.41) is 5.84. The Balaban J connectivity index is 1.73. The van der Waals surface area contributed by atoms with Crippen LogP contribution >= 0.6 is 27.3 Å². The van der Waals surface area contributed by atoms with Gasteiger partial charge in [0.05, 0.1) is 0 Å². The van der Waals surface area contributed by atoms with Crippen LogP contribution < -0.4 is 5.32 Å². The van der Waals surface area contributed by atoms with Crippen LogP contribution in [-0.4, -0.2) is 12.6 Å². The van der Waals surface area contributed by atoms with Gasteiger partial charge in [0.1, 0.15) is 0 Å². The van der Waals surface area contributed by atoms with E-state index in [9.17, 15) is 0 Å². The average Bonchev–Trinajstić information content (AvgIpc) is 3.19. The molecule has 0 aliphatic heterocycles. The third kappa shape index (κ3) is 3.68. The first-order valence-electron chi connectivity index (χ1n) is 6.83. The molecule has 1 heterocycles. The molecule has 19 heavy (non-hydrogen) atoms. The fraction of sp³-hybridized carbons (Fsp3) is 0.375. The summed E-state index contributed by atoms with van der Waals surface area (Å²) in [6.07, 6.45) is 3.82. The van der Waals surface area contributed by atoms with Crippen molar-refractivity contribution in [2.45, 2.75) is 31.2 Å². The van der Waals surface area contributed by atoms with Crippen LogP contribution in [0.2, 0.25) is 0 Å². The van der Waals surface area contributed by atoms with E-state index in [-0.39, 0.29) is 0 Å². The van der Waals surface area contributed by atoms with Crippen LogP contribution in [0.25, 0.3) is 0 Å². The fourth-order valence-electron chi connectivity index (χ4n) is 2.32. The van der Waals surface area contributed by atoms with E-state index in [2.05, 4.69) is 63.0 Å². The predicted octanol–water partition coefficient (Wildman–Crippen LogP) is 4.59. The number of rotatable bonds is 6. The van der Waals surface area contributed by atoms with Crippen LogP contribution in [0.4, 0.5) is 0 Å². The lowest BCUT2D eigenvalue weighted by atomic mass is 9.95. The molecule has 1 saturated carbocycles. The van der Waals surface area contributed by atoms with E-state index in [0.717, 1.165) is 19.0 Å². The lowest BCUT2D eigenvalue weighted by Gasteiger charge is -2.18. The summed E-state index contributed by atoms with van der Waals surface area (Å²) in [7, 11) is 0. The van der Waals surface area contributed by atoms with Crippen LogP contribution in [0.15, 0.2) is 46.3 Å². The minimum Gasteiger partial charge on any atom is -0.313 e. The first-order valence-corrected chi connectivity index (χ1v) is 8.50. The second-order valence-electron chi connectivity index (χ2n) is 5.19. The third-order valence-corrected chi connectivity index (χ3v) is 5.57. The lowest BCUT2D eigenvalue weighted by Crippen LogP contribution is -2.24. The molecule has 1 aliphatic carbocycles. The highest BCUT2D eigenvalue weighted by Gasteiger charge is 2.23. The topological polar surface area (TPSA) is 12.0 Å². The molecule has 1 fully saturated rings. The molecule has 0 bridgehead atoms. The fourth-order valence-corrected chi connectivity index (χ4v) is 3.92. The van der Waals surface area contributed by atoms with Gasteiger partial charge in [0, 0.05) is 27.9 Å². The smallest absolute Gasteiger partial charge is 0.0314 e. The Kier molecular flexibility index (Phi) is 4.36. The molecule has 1 atom stereocenters. The zero-order chi connectivity index (χ0) is 13.1. The molecule has 1 N–H and O–H groups in total. The van der Waals surface area contributed by atoms with Crippen LogP contribution in [-0.2, 0) is 6.42 Å². The Hall–Kier alpha value is -0.640. The van der Waals surface area contributed by atoms with Gasteiger partial charge in [-0.25, -0.2) is 0 Å². The molecule has 100 valence electrons. The maximum absolute atomic E-state index is 3.68. The summed E-state index contributed by atoms with van der Waals surface area (Å²) in [5.74, 6) is 0.566. The molecule has 3 rings (SSSR count). The normalized spacial score (nSPS) is 16.5. The van der Waals surface area contributed by atoms with Crippen molar-refractivity contribution in [2.24, 2.45) is 0 Å². The lowest BCUT2D eigenvalue weighted by molar-refractivity contribution is 0.579. The average molecular weight is 336 g/mol. The quantitative estimate of drug-likeness (QED) is 0.814. The second kappa shape index (κ2) is 6.21. The molecular formula is C16H18BrNS. The van der Waals surface area contributed by atoms with Gasteiger partial charge >= 0.3 is 0 Å². The van der Waals surface area contributed by atoms with Crippen molar-refractivity contribution in [1.82, 2.24) is 5.32 Å². The maximum atomic E-state index is 3.68. The molecule has 1 nitrogen and oxygen atoms in total. The van der Waals surface area contributed by atoms with Crippen molar-refractivity contribution in [2.75, 3.05) is 6.54 Å². The molecule has 0 amide bonds. The van der Waals surface area contributed by atoms with Crippen LogP contribution in [0, 0.1) is 0 Å². The predicted molar refractivity (Wildman–Crippen MR) is 85.9 cm³/mol. The molecule has 1 aliphatic rings. The standard InChI is InChI=1S/C16H18BrNS/c17-15-8-9-19-16(15)10-13(11-18-14-6-7-14)12-4-2-1-3-5-12/h1-5,8-9,13-14,18H,6-7,10-11H2. The molecule has 1 unspecified atom stereocenters. The van der Waals surface area contributed by atoms with Crippen LogP contribution in [0.1, 0.15) is 29.2 Å².